The molecule has 0 bridgehead atoms. The Kier molecular flexibility index (Phi) is 7.16. The van der Waals surface area contributed by atoms with Crippen molar-refractivity contribution in [1.29, 1.82) is 0 Å². The smallest absolute Gasteiger partial charge is 0.243 e. The maximum atomic E-state index is 12.8. The van der Waals surface area contributed by atoms with E-state index in [1.54, 1.807) is 36.4 Å². The molecule has 3 rings (SSSR count). The van der Waals surface area contributed by atoms with Gasteiger partial charge in [0, 0.05) is 18.1 Å². The SMILES string of the molecule is Cc1ccc(OCCNC(=O)[C@@H]2CCCN(S(=O)(=O)c3ccccc3)C2)cc1Cl. The molecule has 0 radical (unpaired) electrons. The van der Waals surface area contributed by atoms with E-state index >= 15 is 0 Å². The van der Waals surface area contributed by atoms with Crippen molar-refractivity contribution in [3.8, 4) is 5.75 Å². The number of hydrogen-bond acceptors (Lipinski definition) is 4. The van der Waals surface area contributed by atoms with Gasteiger partial charge in [-0.05, 0) is 49.6 Å². The number of sulfonamides is 1. The van der Waals surface area contributed by atoms with Crippen LogP contribution in [0.4, 0.5) is 0 Å². The van der Waals surface area contributed by atoms with E-state index in [0.29, 0.717) is 43.3 Å². The summed E-state index contributed by atoms with van der Waals surface area (Å²) in [4.78, 5) is 12.8. The summed E-state index contributed by atoms with van der Waals surface area (Å²) in [6.07, 6.45) is 1.32. The number of nitrogens with zero attached hydrogens (tertiary/aromatic N) is 1. The quantitative estimate of drug-likeness (QED) is 0.676. The van der Waals surface area contributed by atoms with Crippen LogP contribution in [0, 0.1) is 12.8 Å². The molecule has 1 amide bonds. The van der Waals surface area contributed by atoms with Crippen LogP contribution in [0.5, 0.6) is 5.75 Å². The van der Waals surface area contributed by atoms with Gasteiger partial charge in [0.25, 0.3) is 0 Å². The number of carbonyl (C=O) groups is 1. The molecule has 1 aliphatic heterocycles. The maximum Gasteiger partial charge on any atom is 0.243 e. The Balaban J connectivity index is 1.50. The lowest BCUT2D eigenvalue weighted by atomic mass is 9.99. The van der Waals surface area contributed by atoms with Crippen molar-refractivity contribution in [2.45, 2.75) is 24.7 Å². The third-order valence-corrected chi connectivity index (χ3v) is 7.24. The van der Waals surface area contributed by atoms with E-state index in [-0.39, 0.29) is 23.3 Å². The highest BCUT2D eigenvalue weighted by atomic mass is 35.5. The summed E-state index contributed by atoms with van der Waals surface area (Å²) in [6.45, 7) is 3.18. The lowest BCUT2D eigenvalue weighted by molar-refractivity contribution is -0.126. The van der Waals surface area contributed by atoms with Crippen molar-refractivity contribution in [2.75, 3.05) is 26.2 Å². The molecule has 0 aromatic heterocycles. The summed E-state index contributed by atoms with van der Waals surface area (Å²) in [5.74, 6) is 0.132. The summed E-state index contributed by atoms with van der Waals surface area (Å²) in [6, 6.07) is 13.8. The zero-order chi connectivity index (χ0) is 20.9. The molecule has 1 saturated heterocycles. The van der Waals surface area contributed by atoms with Crippen LogP contribution in [0.3, 0.4) is 0 Å². The van der Waals surface area contributed by atoms with Gasteiger partial charge in [-0.2, -0.15) is 4.31 Å². The molecule has 0 spiro atoms. The zero-order valence-electron chi connectivity index (χ0n) is 16.3. The zero-order valence-corrected chi connectivity index (χ0v) is 17.9. The maximum absolute atomic E-state index is 12.8. The van der Waals surface area contributed by atoms with E-state index in [0.717, 1.165) is 5.56 Å². The van der Waals surface area contributed by atoms with Gasteiger partial charge in [-0.15, -0.1) is 0 Å². The van der Waals surface area contributed by atoms with Gasteiger partial charge < -0.3 is 10.1 Å². The summed E-state index contributed by atoms with van der Waals surface area (Å²) < 4.78 is 32.6. The summed E-state index contributed by atoms with van der Waals surface area (Å²) in [5.41, 5.74) is 0.972. The number of ether oxygens (including phenoxy) is 1. The molecule has 29 heavy (non-hydrogen) atoms. The summed E-state index contributed by atoms with van der Waals surface area (Å²) in [5, 5.41) is 3.47. The Morgan fingerprint density at radius 3 is 2.72 bits per heavy atom. The van der Waals surface area contributed by atoms with Gasteiger partial charge in [-0.3, -0.25) is 4.79 Å². The number of carbonyl (C=O) groups excluding carboxylic acids is 1. The van der Waals surface area contributed by atoms with Gasteiger partial charge in [-0.1, -0.05) is 35.9 Å². The van der Waals surface area contributed by atoms with Crippen LogP contribution < -0.4 is 10.1 Å². The minimum Gasteiger partial charge on any atom is -0.492 e. The van der Waals surface area contributed by atoms with Crippen molar-refractivity contribution >= 4 is 27.5 Å². The van der Waals surface area contributed by atoms with Gasteiger partial charge in [0.05, 0.1) is 17.4 Å². The molecule has 8 heteroatoms. The Morgan fingerprint density at radius 2 is 2.00 bits per heavy atom. The molecule has 0 saturated carbocycles. The van der Waals surface area contributed by atoms with Crippen molar-refractivity contribution in [1.82, 2.24) is 9.62 Å². The predicted octanol–water partition coefficient (Wildman–Crippen LogP) is 3.24. The highest BCUT2D eigenvalue weighted by Crippen LogP contribution is 2.24. The molecule has 1 atom stereocenters. The molecule has 0 unspecified atom stereocenters. The Bertz CT molecular complexity index is 950. The molecule has 2 aromatic rings. The van der Waals surface area contributed by atoms with Crippen molar-refractivity contribution in [2.24, 2.45) is 5.92 Å². The molecule has 2 aromatic carbocycles. The van der Waals surface area contributed by atoms with Crippen LogP contribution in [-0.4, -0.2) is 44.9 Å². The second-order valence-corrected chi connectivity index (χ2v) is 9.41. The highest BCUT2D eigenvalue weighted by molar-refractivity contribution is 7.89. The first-order valence-electron chi connectivity index (χ1n) is 9.60. The lowest BCUT2D eigenvalue weighted by Crippen LogP contribution is -2.45. The molecule has 1 aliphatic rings. The van der Waals surface area contributed by atoms with E-state index in [2.05, 4.69) is 5.32 Å². The van der Waals surface area contributed by atoms with Crippen LogP contribution in [0.1, 0.15) is 18.4 Å². The van der Waals surface area contributed by atoms with Gasteiger partial charge in [0.1, 0.15) is 12.4 Å². The fourth-order valence-electron chi connectivity index (χ4n) is 3.27. The Morgan fingerprint density at radius 1 is 1.24 bits per heavy atom. The lowest BCUT2D eigenvalue weighted by Gasteiger charge is -2.31. The Labute approximate surface area is 176 Å². The van der Waals surface area contributed by atoms with E-state index in [1.165, 1.54) is 4.31 Å². The van der Waals surface area contributed by atoms with Gasteiger partial charge in [0.2, 0.25) is 15.9 Å². The summed E-state index contributed by atoms with van der Waals surface area (Å²) in [7, 11) is -3.58. The van der Waals surface area contributed by atoms with Crippen LogP contribution in [-0.2, 0) is 14.8 Å². The second kappa shape index (κ2) is 9.61. The third kappa shape index (κ3) is 5.50. The van der Waals surface area contributed by atoms with Crippen LogP contribution >= 0.6 is 11.6 Å². The molecule has 1 heterocycles. The van der Waals surface area contributed by atoms with E-state index in [9.17, 15) is 13.2 Å². The van der Waals surface area contributed by atoms with Crippen LogP contribution in [0.15, 0.2) is 53.4 Å². The topological polar surface area (TPSA) is 75.7 Å². The van der Waals surface area contributed by atoms with Gasteiger partial charge >= 0.3 is 0 Å². The second-order valence-electron chi connectivity index (χ2n) is 7.07. The standard InChI is InChI=1S/C21H25ClN2O4S/c1-16-9-10-18(14-20(16)22)28-13-11-23-21(25)17-6-5-12-24(15-17)29(26,27)19-7-3-2-4-8-19/h2-4,7-10,14,17H,5-6,11-13,15H2,1H3,(H,23,25)/t17-/m1/s1. The summed E-state index contributed by atoms with van der Waals surface area (Å²) >= 11 is 6.07. The number of aryl methyl sites for hydroxylation is 1. The predicted molar refractivity (Wildman–Crippen MR) is 113 cm³/mol. The van der Waals surface area contributed by atoms with Gasteiger partial charge in [0.15, 0.2) is 0 Å². The number of halogens is 1. The fraction of sp³-hybridized carbons (Fsp3) is 0.381. The largest absolute Gasteiger partial charge is 0.492 e. The van der Waals surface area contributed by atoms with Crippen molar-refractivity contribution in [3.05, 3.63) is 59.1 Å². The number of piperidine rings is 1. The minimum atomic E-state index is -3.58. The number of rotatable bonds is 7. The molecule has 1 fully saturated rings. The molecule has 0 aliphatic carbocycles. The van der Waals surface area contributed by atoms with Crippen molar-refractivity contribution in [3.63, 3.8) is 0 Å². The third-order valence-electron chi connectivity index (χ3n) is 4.95. The molecular weight excluding hydrogens is 412 g/mol. The van der Waals surface area contributed by atoms with E-state index in [4.69, 9.17) is 16.3 Å². The normalized spacial score (nSPS) is 17.7. The number of nitrogens with one attached hydrogen (secondary N) is 1. The van der Waals surface area contributed by atoms with Crippen LogP contribution in [0.25, 0.3) is 0 Å². The minimum absolute atomic E-state index is 0.150. The first-order valence-corrected chi connectivity index (χ1v) is 11.4. The highest BCUT2D eigenvalue weighted by Gasteiger charge is 2.33. The Hall–Kier alpha value is -2.09. The van der Waals surface area contributed by atoms with Crippen molar-refractivity contribution < 1.29 is 17.9 Å². The average molecular weight is 437 g/mol. The average Bonchev–Trinajstić information content (AvgIpc) is 2.74. The molecule has 156 valence electrons. The number of amides is 1. The first-order chi connectivity index (χ1) is 13.9. The number of benzene rings is 2. The van der Waals surface area contributed by atoms with Gasteiger partial charge in [-0.25, -0.2) is 8.42 Å². The molecule has 6 nitrogen and oxygen atoms in total. The molecule has 1 N–H and O–H groups in total. The van der Waals surface area contributed by atoms with E-state index < -0.39 is 10.0 Å². The first kappa shape index (κ1) is 21.6. The number of hydrogen-bond donors (Lipinski definition) is 1. The fourth-order valence-corrected chi connectivity index (χ4v) is 4.98. The van der Waals surface area contributed by atoms with Crippen LogP contribution in [0.2, 0.25) is 5.02 Å². The monoisotopic (exact) mass is 436 g/mol. The molecular formula is C21H25ClN2O4S. The van der Waals surface area contributed by atoms with E-state index in [1.807, 2.05) is 19.1 Å².